The fourth-order valence-electron chi connectivity index (χ4n) is 1.39. The van der Waals surface area contributed by atoms with Gasteiger partial charge in [0.1, 0.15) is 11.2 Å². The second kappa shape index (κ2) is 5.25. The lowest BCUT2D eigenvalue weighted by Crippen LogP contribution is -2.00. The van der Waals surface area contributed by atoms with E-state index in [2.05, 4.69) is 32.3 Å². The fraction of sp³-hybridized carbons (Fsp3) is 0. The predicted octanol–water partition coefficient (Wildman–Crippen LogP) is 3.69. The highest BCUT2D eigenvalue weighted by atomic mass is 79.9. The molecule has 3 N–H and O–H groups in total. The van der Waals surface area contributed by atoms with E-state index in [1.54, 1.807) is 30.3 Å². The average Bonchev–Trinajstić information content (AvgIpc) is 2.34. The lowest BCUT2D eigenvalue weighted by molar-refractivity contribution is 1.30. The van der Waals surface area contributed by atoms with Crippen LogP contribution in [-0.2, 0) is 0 Å². The van der Waals surface area contributed by atoms with Gasteiger partial charge in [0, 0.05) is 4.47 Å². The highest BCUT2D eigenvalue weighted by Crippen LogP contribution is 2.27. The van der Waals surface area contributed by atoms with Gasteiger partial charge < -0.3 is 11.1 Å². The van der Waals surface area contributed by atoms with Gasteiger partial charge in [-0.15, -0.1) is 0 Å². The van der Waals surface area contributed by atoms with E-state index < -0.39 is 0 Å². The van der Waals surface area contributed by atoms with E-state index in [1.807, 2.05) is 0 Å². The number of hydrogen-bond donors (Lipinski definition) is 2. The first-order chi connectivity index (χ1) is 8.60. The third kappa shape index (κ3) is 2.73. The summed E-state index contributed by atoms with van der Waals surface area (Å²) < 4.78 is 0.851. The van der Waals surface area contributed by atoms with Gasteiger partial charge in [-0.05, 0) is 30.3 Å². The van der Waals surface area contributed by atoms with Crippen LogP contribution in [0.25, 0.3) is 0 Å². The Morgan fingerprint density at radius 2 is 2.11 bits per heavy atom. The molecule has 0 aliphatic carbocycles. The van der Waals surface area contributed by atoms with Gasteiger partial charge >= 0.3 is 0 Å². The zero-order chi connectivity index (χ0) is 13.1. The summed E-state index contributed by atoms with van der Waals surface area (Å²) in [6.07, 6.45) is 0. The van der Waals surface area contributed by atoms with Crippen LogP contribution < -0.4 is 11.1 Å². The number of rotatable bonds is 2. The minimum absolute atomic E-state index is 0.334. The van der Waals surface area contributed by atoms with Crippen LogP contribution >= 0.6 is 27.5 Å². The van der Waals surface area contributed by atoms with Gasteiger partial charge in [-0.3, -0.25) is 0 Å². The number of hydrogen-bond acceptors (Lipinski definition) is 4. The molecule has 0 unspecified atom stereocenters. The maximum Gasteiger partial charge on any atom is 0.155 e. The van der Waals surface area contributed by atoms with E-state index in [0.717, 1.165) is 4.47 Å². The molecule has 6 heteroatoms. The van der Waals surface area contributed by atoms with Crippen LogP contribution in [0.3, 0.4) is 0 Å². The topological polar surface area (TPSA) is 74.7 Å². The first kappa shape index (κ1) is 12.7. The molecule has 0 saturated carbocycles. The quantitative estimate of drug-likeness (QED) is 0.826. The Bertz CT molecular complexity index is 636. The van der Waals surface area contributed by atoms with Crippen LogP contribution in [0.5, 0.6) is 0 Å². The molecule has 0 radical (unpaired) electrons. The molecule has 2 rings (SSSR count). The molecular weight excluding hydrogens is 316 g/mol. The van der Waals surface area contributed by atoms with Crippen molar-refractivity contribution >= 4 is 44.7 Å². The number of benzene rings is 1. The number of nitrogen functional groups attached to an aromatic ring is 1. The van der Waals surface area contributed by atoms with Crippen molar-refractivity contribution in [2.45, 2.75) is 0 Å². The molecule has 1 heterocycles. The molecule has 0 amide bonds. The number of pyridine rings is 1. The van der Waals surface area contributed by atoms with Crippen LogP contribution in [0.4, 0.5) is 17.2 Å². The van der Waals surface area contributed by atoms with Gasteiger partial charge in [0.05, 0.1) is 16.9 Å². The largest absolute Gasteiger partial charge is 0.396 e. The molecule has 4 nitrogen and oxygen atoms in total. The SMILES string of the molecule is N#Cc1ccc(Br)cc1Nc1nc(Cl)ccc1N. The van der Waals surface area contributed by atoms with Crippen LogP contribution in [0.1, 0.15) is 5.56 Å². The Morgan fingerprint density at radius 1 is 1.33 bits per heavy atom. The number of nitrogens with one attached hydrogen (secondary N) is 1. The minimum atomic E-state index is 0.334. The molecule has 0 fully saturated rings. The van der Waals surface area contributed by atoms with Gasteiger partial charge in [-0.25, -0.2) is 4.98 Å². The van der Waals surface area contributed by atoms with Crippen LogP contribution in [0.2, 0.25) is 5.15 Å². The summed E-state index contributed by atoms with van der Waals surface area (Å²) in [4.78, 5) is 4.08. The number of nitriles is 1. The van der Waals surface area contributed by atoms with Crippen molar-refractivity contribution < 1.29 is 0 Å². The van der Waals surface area contributed by atoms with Crippen molar-refractivity contribution in [1.82, 2.24) is 4.98 Å². The van der Waals surface area contributed by atoms with E-state index in [0.29, 0.717) is 27.9 Å². The van der Waals surface area contributed by atoms with Crippen molar-refractivity contribution in [3.05, 3.63) is 45.5 Å². The maximum absolute atomic E-state index is 9.03. The van der Waals surface area contributed by atoms with E-state index in [1.165, 1.54) is 0 Å². The normalized spacial score (nSPS) is 9.83. The van der Waals surface area contributed by atoms with E-state index in [-0.39, 0.29) is 0 Å². The van der Waals surface area contributed by atoms with Crippen molar-refractivity contribution in [2.24, 2.45) is 0 Å². The maximum atomic E-state index is 9.03. The summed E-state index contributed by atoms with van der Waals surface area (Å²) in [5.41, 5.74) is 7.37. The molecule has 90 valence electrons. The molecule has 0 atom stereocenters. The smallest absolute Gasteiger partial charge is 0.155 e. The van der Waals surface area contributed by atoms with Crippen LogP contribution in [0, 0.1) is 11.3 Å². The number of aromatic nitrogens is 1. The number of halogens is 2. The van der Waals surface area contributed by atoms with Gasteiger partial charge in [0.25, 0.3) is 0 Å². The first-order valence-corrected chi connectivity index (χ1v) is 6.16. The summed E-state index contributed by atoms with van der Waals surface area (Å²) in [6.45, 7) is 0. The summed E-state index contributed by atoms with van der Waals surface area (Å²) >= 11 is 9.15. The second-order valence-electron chi connectivity index (χ2n) is 3.50. The lowest BCUT2D eigenvalue weighted by atomic mass is 10.2. The Balaban J connectivity index is 2.43. The molecule has 1 aromatic carbocycles. The predicted molar refractivity (Wildman–Crippen MR) is 75.8 cm³/mol. The summed E-state index contributed by atoms with van der Waals surface area (Å²) in [7, 11) is 0. The van der Waals surface area contributed by atoms with E-state index in [9.17, 15) is 0 Å². The second-order valence-corrected chi connectivity index (χ2v) is 4.80. The van der Waals surface area contributed by atoms with Gasteiger partial charge in [0.2, 0.25) is 0 Å². The average molecular weight is 324 g/mol. The summed E-state index contributed by atoms with van der Waals surface area (Å²) in [6, 6.07) is 10.6. The highest BCUT2D eigenvalue weighted by molar-refractivity contribution is 9.10. The Kier molecular flexibility index (Phi) is 3.70. The molecular formula is C12H8BrClN4. The molecule has 0 aliphatic rings. The van der Waals surface area contributed by atoms with Gasteiger partial charge in [-0.2, -0.15) is 5.26 Å². The number of nitrogens with zero attached hydrogens (tertiary/aromatic N) is 2. The standard InChI is InChI=1S/C12H8BrClN4/c13-8-2-1-7(6-15)10(5-8)17-12-9(16)3-4-11(14)18-12/h1-5H,16H2,(H,17,18). The van der Waals surface area contributed by atoms with E-state index >= 15 is 0 Å². The first-order valence-electron chi connectivity index (χ1n) is 4.99. The summed E-state index contributed by atoms with van der Waals surface area (Å²) in [5, 5.41) is 12.4. The molecule has 2 aromatic rings. The molecule has 0 bridgehead atoms. The fourth-order valence-corrected chi connectivity index (χ4v) is 1.90. The number of anilines is 3. The van der Waals surface area contributed by atoms with Crippen molar-refractivity contribution in [1.29, 1.82) is 5.26 Å². The third-order valence-corrected chi connectivity index (χ3v) is 2.95. The Morgan fingerprint density at radius 3 is 2.83 bits per heavy atom. The monoisotopic (exact) mass is 322 g/mol. The zero-order valence-electron chi connectivity index (χ0n) is 9.11. The minimum Gasteiger partial charge on any atom is -0.396 e. The van der Waals surface area contributed by atoms with Crippen molar-refractivity contribution in [3.63, 3.8) is 0 Å². The van der Waals surface area contributed by atoms with Crippen LogP contribution in [0.15, 0.2) is 34.8 Å². The number of nitrogens with two attached hydrogens (primary N) is 1. The Labute approximate surface area is 118 Å². The lowest BCUT2D eigenvalue weighted by Gasteiger charge is -2.10. The Hall–Kier alpha value is -1.77. The van der Waals surface area contributed by atoms with Crippen molar-refractivity contribution in [3.8, 4) is 6.07 Å². The highest BCUT2D eigenvalue weighted by Gasteiger charge is 2.07. The molecule has 1 aromatic heterocycles. The third-order valence-electron chi connectivity index (χ3n) is 2.25. The molecule has 18 heavy (non-hydrogen) atoms. The van der Waals surface area contributed by atoms with E-state index in [4.69, 9.17) is 22.6 Å². The van der Waals surface area contributed by atoms with Crippen LogP contribution in [-0.4, -0.2) is 4.98 Å². The molecule has 0 spiro atoms. The van der Waals surface area contributed by atoms with Crippen molar-refractivity contribution in [2.75, 3.05) is 11.1 Å². The molecule has 0 aliphatic heterocycles. The van der Waals surface area contributed by atoms with Gasteiger partial charge in [-0.1, -0.05) is 27.5 Å². The molecule has 0 saturated heterocycles. The summed E-state index contributed by atoms with van der Waals surface area (Å²) in [5.74, 6) is 0.428. The van der Waals surface area contributed by atoms with Gasteiger partial charge in [0.15, 0.2) is 5.82 Å². The zero-order valence-corrected chi connectivity index (χ0v) is 11.5.